The summed E-state index contributed by atoms with van der Waals surface area (Å²) in [6.07, 6.45) is 8.81. The molecule has 1 aromatic rings. The molecule has 122 valence electrons. The highest BCUT2D eigenvalue weighted by molar-refractivity contribution is 5.76. The normalized spacial score (nSPS) is 29.1. The van der Waals surface area contributed by atoms with Crippen LogP contribution in [0.15, 0.2) is 12.5 Å². The molecule has 6 heteroatoms. The summed E-state index contributed by atoms with van der Waals surface area (Å²) in [6, 6.07) is 0.641. The van der Waals surface area contributed by atoms with Crippen molar-refractivity contribution in [2.75, 3.05) is 13.1 Å². The molecule has 3 atom stereocenters. The number of hydrogen-bond donors (Lipinski definition) is 2. The molecule has 1 aliphatic carbocycles. The third-order valence-electron chi connectivity index (χ3n) is 5.01. The average molecular weight is 306 g/mol. The van der Waals surface area contributed by atoms with Gasteiger partial charge in [0, 0.05) is 50.5 Å². The molecule has 2 fully saturated rings. The van der Waals surface area contributed by atoms with Crippen LogP contribution in [0.2, 0.25) is 0 Å². The molecule has 1 unspecified atom stereocenters. The maximum absolute atomic E-state index is 12.2. The van der Waals surface area contributed by atoms with Gasteiger partial charge in [0.1, 0.15) is 0 Å². The third-order valence-corrected chi connectivity index (χ3v) is 5.01. The number of hydrogen-bond acceptors (Lipinski definition) is 4. The molecule has 1 amide bonds. The first-order chi connectivity index (χ1) is 10.6. The van der Waals surface area contributed by atoms with Crippen molar-refractivity contribution in [2.24, 2.45) is 7.05 Å². The highest BCUT2D eigenvalue weighted by Gasteiger charge is 2.36. The van der Waals surface area contributed by atoms with E-state index in [-0.39, 0.29) is 18.1 Å². The summed E-state index contributed by atoms with van der Waals surface area (Å²) >= 11 is 0. The monoisotopic (exact) mass is 306 g/mol. The molecule has 3 rings (SSSR count). The Morgan fingerprint density at radius 1 is 1.45 bits per heavy atom. The molecule has 2 N–H and O–H groups in total. The summed E-state index contributed by atoms with van der Waals surface area (Å²) < 4.78 is 1.96. The van der Waals surface area contributed by atoms with Crippen molar-refractivity contribution in [1.29, 1.82) is 0 Å². The number of aromatic nitrogens is 2. The lowest BCUT2D eigenvalue weighted by atomic mass is 10.1. The predicted molar refractivity (Wildman–Crippen MR) is 83.3 cm³/mol. The number of aliphatic hydroxyl groups is 1. The van der Waals surface area contributed by atoms with E-state index >= 15 is 0 Å². The number of amides is 1. The Balaban J connectivity index is 1.49. The van der Waals surface area contributed by atoms with Crippen molar-refractivity contribution in [1.82, 2.24) is 19.8 Å². The number of imidazole rings is 1. The Bertz CT molecular complexity index is 516. The lowest BCUT2D eigenvalue weighted by molar-refractivity contribution is -0.122. The zero-order valence-corrected chi connectivity index (χ0v) is 13.2. The first kappa shape index (κ1) is 15.5. The molecule has 6 nitrogen and oxygen atoms in total. The molecule has 1 aliphatic heterocycles. The van der Waals surface area contributed by atoms with E-state index in [0.29, 0.717) is 12.5 Å². The van der Waals surface area contributed by atoms with Crippen molar-refractivity contribution >= 4 is 5.91 Å². The molecule has 1 saturated heterocycles. The number of carbonyl (C=O) groups is 1. The fourth-order valence-corrected chi connectivity index (χ4v) is 3.76. The number of aliphatic hydroxyl groups excluding tert-OH is 1. The first-order valence-electron chi connectivity index (χ1n) is 8.30. The second-order valence-electron chi connectivity index (χ2n) is 6.61. The fraction of sp³-hybridized carbons (Fsp3) is 0.750. The number of carbonyl (C=O) groups excluding carboxylic acids is 1. The number of rotatable bonds is 5. The minimum atomic E-state index is -0.193. The van der Waals surface area contributed by atoms with Crippen molar-refractivity contribution < 1.29 is 9.90 Å². The fourth-order valence-electron chi connectivity index (χ4n) is 3.76. The molecule has 0 radical (unpaired) electrons. The van der Waals surface area contributed by atoms with Gasteiger partial charge < -0.3 is 15.0 Å². The topological polar surface area (TPSA) is 70.4 Å². The van der Waals surface area contributed by atoms with Gasteiger partial charge in [-0.1, -0.05) is 0 Å². The zero-order chi connectivity index (χ0) is 15.5. The number of nitrogens with zero attached hydrogens (tertiary/aromatic N) is 3. The highest BCUT2D eigenvalue weighted by Crippen LogP contribution is 2.27. The van der Waals surface area contributed by atoms with E-state index in [4.69, 9.17) is 0 Å². The van der Waals surface area contributed by atoms with E-state index in [1.54, 1.807) is 6.33 Å². The lowest BCUT2D eigenvalue weighted by Gasteiger charge is -2.29. The van der Waals surface area contributed by atoms with E-state index in [1.807, 2.05) is 17.8 Å². The van der Waals surface area contributed by atoms with Gasteiger partial charge in [-0.25, -0.2) is 4.98 Å². The molecule has 0 bridgehead atoms. The smallest absolute Gasteiger partial charge is 0.220 e. The van der Waals surface area contributed by atoms with Gasteiger partial charge in [0.15, 0.2) is 0 Å². The van der Waals surface area contributed by atoms with Gasteiger partial charge in [-0.3, -0.25) is 9.69 Å². The van der Waals surface area contributed by atoms with Gasteiger partial charge in [-0.05, 0) is 32.1 Å². The Morgan fingerprint density at radius 2 is 2.32 bits per heavy atom. The van der Waals surface area contributed by atoms with Gasteiger partial charge in [0.25, 0.3) is 0 Å². The zero-order valence-electron chi connectivity index (χ0n) is 13.2. The summed E-state index contributed by atoms with van der Waals surface area (Å²) in [6.45, 7) is 1.71. The Morgan fingerprint density at radius 3 is 3.00 bits per heavy atom. The van der Waals surface area contributed by atoms with E-state index in [9.17, 15) is 9.90 Å². The highest BCUT2D eigenvalue weighted by atomic mass is 16.3. The van der Waals surface area contributed by atoms with Crippen LogP contribution in [0.25, 0.3) is 0 Å². The second-order valence-corrected chi connectivity index (χ2v) is 6.61. The van der Waals surface area contributed by atoms with E-state index < -0.39 is 0 Å². The summed E-state index contributed by atoms with van der Waals surface area (Å²) in [4.78, 5) is 18.6. The summed E-state index contributed by atoms with van der Waals surface area (Å²) in [5.74, 6) is 0.123. The molecule has 2 heterocycles. The first-order valence-corrected chi connectivity index (χ1v) is 8.30. The molecule has 1 saturated carbocycles. The number of aryl methyl sites for hydroxylation is 2. The summed E-state index contributed by atoms with van der Waals surface area (Å²) in [5.41, 5.74) is 1.08. The van der Waals surface area contributed by atoms with Crippen LogP contribution in [-0.4, -0.2) is 56.7 Å². The van der Waals surface area contributed by atoms with Crippen LogP contribution in [0.5, 0.6) is 0 Å². The van der Waals surface area contributed by atoms with Crippen LogP contribution < -0.4 is 5.32 Å². The van der Waals surface area contributed by atoms with E-state index in [1.165, 1.54) is 0 Å². The minimum Gasteiger partial charge on any atom is -0.392 e. The third kappa shape index (κ3) is 3.50. The maximum atomic E-state index is 12.2. The molecule has 0 spiro atoms. The van der Waals surface area contributed by atoms with Crippen LogP contribution >= 0.6 is 0 Å². The predicted octanol–water partition coefficient (Wildman–Crippen LogP) is 0.457. The molecule has 22 heavy (non-hydrogen) atoms. The van der Waals surface area contributed by atoms with Crippen LogP contribution in [-0.2, 0) is 18.3 Å². The summed E-state index contributed by atoms with van der Waals surface area (Å²) in [7, 11) is 1.95. The largest absolute Gasteiger partial charge is 0.392 e. The van der Waals surface area contributed by atoms with Crippen LogP contribution in [0.3, 0.4) is 0 Å². The van der Waals surface area contributed by atoms with Gasteiger partial charge in [-0.2, -0.15) is 0 Å². The van der Waals surface area contributed by atoms with E-state index in [2.05, 4.69) is 15.2 Å². The van der Waals surface area contributed by atoms with Crippen LogP contribution in [0.1, 0.15) is 37.8 Å². The Hall–Kier alpha value is -1.40. The molecular formula is C16H26N4O2. The van der Waals surface area contributed by atoms with Gasteiger partial charge in [0.2, 0.25) is 5.91 Å². The Labute approximate surface area is 131 Å². The number of β-amino-alcohol motifs (C(OH)–C–C–N with tert-alkyl or cyclic N) is 1. The Kier molecular flexibility index (Phi) is 4.78. The van der Waals surface area contributed by atoms with Crippen molar-refractivity contribution in [2.45, 2.75) is 56.7 Å². The number of likely N-dealkylation sites (tertiary alicyclic amines) is 1. The van der Waals surface area contributed by atoms with Crippen molar-refractivity contribution in [3.63, 3.8) is 0 Å². The van der Waals surface area contributed by atoms with Gasteiger partial charge >= 0.3 is 0 Å². The summed E-state index contributed by atoms with van der Waals surface area (Å²) in [5, 5.41) is 12.9. The van der Waals surface area contributed by atoms with Crippen molar-refractivity contribution in [3.05, 3.63) is 18.2 Å². The quantitative estimate of drug-likeness (QED) is 0.829. The lowest BCUT2D eigenvalue weighted by Crippen LogP contribution is -2.48. The SMILES string of the molecule is Cn1cncc1CCC(=O)N[C@@H]1CCC[C@@H]1N1CCC(O)C1. The van der Waals surface area contributed by atoms with E-state index in [0.717, 1.165) is 50.9 Å². The molecule has 0 aromatic carbocycles. The van der Waals surface area contributed by atoms with Crippen molar-refractivity contribution in [3.8, 4) is 0 Å². The standard InChI is InChI=1S/C16H26N4O2/c1-19-11-17-9-12(19)5-6-16(22)18-14-3-2-4-15(14)20-8-7-13(21)10-20/h9,11,13-15,21H,2-8,10H2,1H3,(H,18,22)/t13?,14-,15+/m1/s1. The van der Waals surface area contributed by atoms with Crippen LogP contribution in [0.4, 0.5) is 0 Å². The van der Waals surface area contributed by atoms with Crippen LogP contribution in [0, 0.1) is 0 Å². The molecule has 2 aliphatic rings. The van der Waals surface area contributed by atoms with Gasteiger partial charge in [0.05, 0.1) is 12.4 Å². The molecular weight excluding hydrogens is 280 g/mol. The second kappa shape index (κ2) is 6.79. The average Bonchev–Trinajstić information content (AvgIpc) is 3.18. The maximum Gasteiger partial charge on any atom is 0.220 e. The van der Waals surface area contributed by atoms with Gasteiger partial charge in [-0.15, -0.1) is 0 Å². The molecule has 1 aromatic heterocycles. The number of nitrogens with one attached hydrogen (secondary N) is 1. The minimum absolute atomic E-state index is 0.123.